The van der Waals surface area contributed by atoms with Gasteiger partial charge in [0.05, 0.1) is 26.4 Å². The maximum Gasteiger partial charge on any atom is 0.472 e. The van der Waals surface area contributed by atoms with E-state index in [4.69, 9.17) is 37.0 Å². The van der Waals surface area contributed by atoms with Crippen LogP contribution >= 0.6 is 15.6 Å². The molecule has 0 radical (unpaired) electrons. The molecule has 0 aliphatic heterocycles. The molecule has 0 heterocycles. The van der Waals surface area contributed by atoms with Crippen LogP contribution in [0.25, 0.3) is 0 Å². The Balaban J connectivity index is 5.17. The average molecular weight is 1090 g/mol. The van der Waals surface area contributed by atoms with E-state index in [-0.39, 0.29) is 25.7 Å². The van der Waals surface area contributed by atoms with E-state index < -0.39 is 97.5 Å². The highest BCUT2D eigenvalue weighted by Crippen LogP contribution is 2.45. The zero-order valence-corrected chi connectivity index (χ0v) is 47.9. The minimum atomic E-state index is -4.93. The molecule has 0 spiro atoms. The standard InChI is InChI=1S/C54H104O17P2/c1-5-9-13-17-20-23-26-29-33-37-41-54(59)71-50(45-65-52(57)39-35-31-27-24-21-18-14-10-6-2)47-69-73(62,63)67-43-48(55)42-66-72(60,61)68-46-49(44-64-51(56)38-34-30-16-12-8-4)70-53(58)40-36-32-28-25-22-19-15-11-7-3/h48-50,55H,5-47H2,1-4H3,(H,60,61)(H,62,63)/t48-,49+,50+/m0/s1. The number of ether oxygens (including phenoxy) is 4. The van der Waals surface area contributed by atoms with Crippen molar-refractivity contribution in [1.82, 2.24) is 0 Å². The van der Waals surface area contributed by atoms with Gasteiger partial charge in [-0.25, -0.2) is 9.13 Å². The van der Waals surface area contributed by atoms with Gasteiger partial charge in [-0.1, -0.05) is 214 Å². The van der Waals surface area contributed by atoms with Crippen molar-refractivity contribution in [3.63, 3.8) is 0 Å². The Bertz CT molecular complexity index is 1440. The van der Waals surface area contributed by atoms with Crippen molar-refractivity contribution in [2.75, 3.05) is 39.6 Å². The van der Waals surface area contributed by atoms with Gasteiger partial charge in [-0.05, 0) is 25.7 Å². The molecule has 0 saturated carbocycles. The Morgan fingerprint density at radius 3 is 0.808 bits per heavy atom. The molecule has 0 aliphatic carbocycles. The molecule has 19 heteroatoms. The summed E-state index contributed by atoms with van der Waals surface area (Å²) in [5.41, 5.74) is 0. The lowest BCUT2D eigenvalue weighted by Crippen LogP contribution is -2.30. The maximum absolute atomic E-state index is 12.9. The van der Waals surface area contributed by atoms with Crippen LogP contribution in [-0.2, 0) is 65.4 Å². The van der Waals surface area contributed by atoms with Crippen molar-refractivity contribution in [2.24, 2.45) is 0 Å². The van der Waals surface area contributed by atoms with E-state index in [1.165, 1.54) is 89.9 Å². The van der Waals surface area contributed by atoms with Crippen LogP contribution in [0.4, 0.5) is 0 Å². The molecular weight excluding hydrogens is 983 g/mol. The number of phosphoric ester groups is 2. The van der Waals surface area contributed by atoms with Gasteiger partial charge < -0.3 is 33.8 Å². The topological polar surface area (TPSA) is 237 Å². The molecule has 3 N–H and O–H groups in total. The predicted molar refractivity (Wildman–Crippen MR) is 285 cm³/mol. The second-order valence-electron chi connectivity index (χ2n) is 19.6. The summed E-state index contributed by atoms with van der Waals surface area (Å²) < 4.78 is 67.3. The van der Waals surface area contributed by atoms with E-state index in [2.05, 4.69) is 27.7 Å². The molecule has 0 aromatic rings. The number of aliphatic hydroxyl groups excluding tert-OH is 1. The van der Waals surface area contributed by atoms with Gasteiger partial charge in [0, 0.05) is 25.7 Å². The quantitative estimate of drug-likeness (QED) is 0.0222. The van der Waals surface area contributed by atoms with E-state index in [1.54, 1.807) is 0 Å². The number of carbonyl (C=O) groups excluding carboxylic acids is 4. The van der Waals surface area contributed by atoms with Crippen molar-refractivity contribution >= 4 is 39.5 Å². The molecule has 0 bridgehead atoms. The van der Waals surface area contributed by atoms with Crippen molar-refractivity contribution in [2.45, 2.75) is 284 Å². The Morgan fingerprint density at radius 1 is 0.329 bits per heavy atom. The summed E-state index contributed by atoms with van der Waals surface area (Å²) in [6.07, 6.45) is 31.0. The monoisotopic (exact) mass is 1090 g/mol. The van der Waals surface area contributed by atoms with Crippen molar-refractivity contribution in [1.29, 1.82) is 0 Å². The Labute approximate surface area is 441 Å². The van der Waals surface area contributed by atoms with Crippen LogP contribution in [0.1, 0.15) is 265 Å². The van der Waals surface area contributed by atoms with E-state index >= 15 is 0 Å². The third kappa shape index (κ3) is 49.4. The maximum atomic E-state index is 12.9. The van der Waals surface area contributed by atoms with Gasteiger partial charge in [0.2, 0.25) is 0 Å². The van der Waals surface area contributed by atoms with E-state index in [0.717, 1.165) is 96.3 Å². The highest BCUT2D eigenvalue weighted by Gasteiger charge is 2.30. The van der Waals surface area contributed by atoms with Crippen molar-refractivity contribution in [3.05, 3.63) is 0 Å². The first-order chi connectivity index (χ1) is 35.2. The zero-order valence-electron chi connectivity index (χ0n) is 46.1. The van der Waals surface area contributed by atoms with Gasteiger partial charge in [0.1, 0.15) is 19.3 Å². The fourth-order valence-electron chi connectivity index (χ4n) is 7.87. The first kappa shape index (κ1) is 71.1. The Morgan fingerprint density at radius 2 is 0.548 bits per heavy atom. The molecule has 2 unspecified atom stereocenters. The third-order valence-electron chi connectivity index (χ3n) is 12.4. The molecule has 0 fully saturated rings. The summed E-state index contributed by atoms with van der Waals surface area (Å²) in [6.45, 7) is 4.69. The molecule has 0 saturated heterocycles. The van der Waals surface area contributed by atoms with Crippen LogP contribution in [-0.4, -0.2) is 96.7 Å². The average Bonchev–Trinajstić information content (AvgIpc) is 3.36. The molecule has 0 rings (SSSR count). The van der Waals surface area contributed by atoms with Gasteiger partial charge in [0.25, 0.3) is 0 Å². The molecule has 432 valence electrons. The number of aliphatic hydroxyl groups is 1. The third-order valence-corrected chi connectivity index (χ3v) is 14.3. The van der Waals surface area contributed by atoms with Gasteiger partial charge in [-0.3, -0.25) is 37.3 Å². The second-order valence-corrected chi connectivity index (χ2v) is 22.5. The van der Waals surface area contributed by atoms with Gasteiger partial charge in [-0.15, -0.1) is 0 Å². The fraction of sp³-hybridized carbons (Fsp3) is 0.926. The van der Waals surface area contributed by atoms with E-state index in [9.17, 15) is 43.2 Å². The smallest absolute Gasteiger partial charge is 0.462 e. The number of unbranched alkanes of at least 4 members (excludes halogenated alkanes) is 29. The number of hydrogen-bond donors (Lipinski definition) is 3. The summed E-state index contributed by atoms with van der Waals surface area (Å²) in [6, 6.07) is 0. The number of hydrogen-bond acceptors (Lipinski definition) is 15. The van der Waals surface area contributed by atoms with Gasteiger partial charge in [0.15, 0.2) is 12.2 Å². The number of rotatable bonds is 55. The highest BCUT2D eigenvalue weighted by molar-refractivity contribution is 7.47. The van der Waals surface area contributed by atoms with Crippen LogP contribution < -0.4 is 0 Å². The van der Waals surface area contributed by atoms with Crippen LogP contribution in [0.3, 0.4) is 0 Å². The van der Waals surface area contributed by atoms with Crippen LogP contribution in [0.2, 0.25) is 0 Å². The summed E-state index contributed by atoms with van der Waals surface area (Å²) in [5.74, 6) is -2.16. The van der Waals surface area contributed by atoms with Crippen LogP contribution in [0.5, 0.6) is 0 Å². The van der Waals surface area contributed by atoms with Crippen molar-refractivity contribution < 1.29 is 80.2 Å². The fourth-order valence-corrected chi connectivity index (χ4v) is 9.44. The molecule has 17 nitrogen and oxygen atoms in total. The lowest BCUT2D eigenvalue weighted by atomic mass is 10.1. The number of carbonyl (C=O) groups is 4. The lowest BCUT2D eigenvalue weighted by Gasteiger charge is -2.21. The molecule has 0 aromatic carbocycles. The zero-order chi connectivity index (χ0) is 54.1. The molecular formula is C54H104O17P2. The highest BCUT2D eigenvalue weighted by atomic mass is 31.2. The van der Waals surface area contributed by atoms with Crippen molar-refractivity contribution in [3.8, 4) is 0 Å². The Hall–Kier alpha value is -1.94. The first-order valence-electron chi connectivity index (χ1n) is 28.8. The van der Waals surface area contributed by atoms with Crippen LogP contribution in [0, 0.1) is 0 Å². The lowest BCUT2D eigenvalue weighted by molar-refractivity contribution is -0.161. The minimum absolute atomic E-state index is 0.105. The molecule has 73 heavy (non-hydrogen) atoms. The van der Waals surface area contributed by atoms with Gasteiger partial charge >= 0.3 is 39.5 Å². The van der Waals surface area contributed by atoms with E-state index in [0.29, 0.717) is 25.7 Å². The van der Waals surface area contributed by atoms with Gasteiger partial charge in [-0.2, -0.15) is 0 Å². The molecule has 5 atom stereocenters. The first-order valence-corrected chi connectivity index (χ1v) is 31.8. The SMILES string of the molecule is CCCCCCCCCCCCC(=O)O[C@H](COC(=O)CCCCCCCCCCC)COP(=O)(O)OC[C@@H](O)COP(=O)(O)OC[C@@H](COC(=O)CCCCCCC)OC(=O)CCCCCCCCCCC. The van der Waals surface area contributed by atoms with Crippen LogP contribution in [0.15, 0.2) is 0 Å². The molecule has 0 amide bonds. The molecule has 0 aromatic heterocycles. The normalized spacial score (nSPS) is 14.5. The summed E-state index contributed by atoms with van der Waals surface area (Å²) in [5, 5.41) is 10.4. The summed E-state index contributed by atoms with van der Waals surface area (Å²) in [4.78, 5) is 71.4. The number of phosphoric acid groups is 2. The predicted octanol–water partition coefficient (Wildman–Crippen LogP) is 14.0. The summed E-state index contributed by atoms with van der Waals surface area (Å²) >= 11 is 0. The van der Waals surface area contributed by atoms with E-state index in [1.807, 2.05) is 0 Å². The summed E-state index contributed by atoms with van der Waals surface area (Å²) in [7, 11) is -9.85. The minimum Gasteiger partial charge on any atom is -0.462 e. The second kappa shape index (κ2) is 49.6. The number of esters is 4. The molecule has 0 aliphatic rings. The Kier molecular flexibility index (Phi) is 48.3. The largest absolute Gasteiger partial charge is 0.472 e.